The molecule has 5 nitrogen and oxygen atoms in total. The molecule has 1 amide bonds. The smallest absolute Gasteiger partial charge is 0.225 e. The second-order valence-electron chi connectivity index (χ2n) is 5.79. The van der Waals surface area contributed by atoms with Crippen LogP contribution >= 0.6 is 0 Å². The molecule has 2 aliphatic rings. The van der Waals surface area contributed by atoms with Crippen molar-refractivity contribution >= 4 is 11.9 Å². The summed E-state index contributed by atoms with van der Waals surface area (Å²) in [6.07, 6.45) is 3.83. The van der Waals surface area contributed by atoms with Crippen molar-refractivity contribution in [2.24, 2.45) is 10.9 Å². The van der Waals surface area contributed by atoms with Gasteiger partial charge in [-0.3, -0.25) is 9.79 Å². The Balaban J connectivity index is 1.82. The summed E-state index contributed by atoms with van der Waals surface area (Å²) in [5, 5.41) is 3.51. The van der Waals surface area contributed by atoms with Crippen molar-refractivity contribution in [3.05, 3.63) is 0 Å². The summed E-state index contributed by atoms with van der Waals surface area (Å²) in [5.41, 5.74) is 0. The highest BCUT2D eigenvalue weighted by molar-refractivity contribution is 5.81. The maximum absolute atomic E-state index is 11.9. The zero-order valence-corrected chi connectivity index (χ0v) is 12.4. The van der Waals surface area contributed by atoms with Gasteiger partial charge in [-0.1, -0.05) is 13.8 Å². The fraction of sp³-hybridized carbons (Fsp3) is 0.857. The molecule has 0 atom stereocenters. The Kier molecular flexibility index (Phi) is 4.66. The first kappa shape index (κ1) is 14.2. The van der Waals surface area contributed by atoms with Crippen LogP contribution < -0.4 is 5.32 Å². The number of rotatable bonds is 2. The molecule has 2 fully saturated rings. The molecular weight excluding hydrogens is 240 g/mol. The van der Waals surface area contributed by atoms with E-state index in [1.54, 1.807) is 0 Å². The number of aliphatic imine (C=N–C) groups is 1. The normalized spacial score (nSPS) is 21.6. The van der Waals surface area contributed by atoms with Gasteiger partial charge in [0, 0.05) is 45.2 Å². The molecule has 2 rings (SSSR count). The van der Waals surface area contributed by atoms with Gasteiger partial charge in [-0.05, 0) is 19.3 Å². The number of hydrogen-bond acceptors (Lipinski definition) is 2. The molecule has 0 spiro atoms. The van der Waals surface area contributed by atoms with Gasteiger partial charge in [0.05, 0.1) is 0 Å². The van der Waals surface area contributed by atoms with Gasteiger partial charge in [-0.15, -0.1) is 0 Å². The Labute approximate surface area is 116 Å². The third-order valence-electron chi connectivity index (χ3n) is 4.03. The lowest BCUT2D eigenvalue weighted by Crippen LogP contribution is -2.56. The molecule has 108 valence electrons. The SMILES string of the molecule is CN=C(NC1CCC1)N1CCN(C(=O)C(C)C)CC1. The Morgan fingerprint density at radius 1 is 1.16 bits per heavy atom. The average molecular weight is 266 g/mol. The van der Waals surface area contributed by atoms with Crippen molar-refractivity contribution in [1.29, 1.82) is 0 Å². The van der Waals surface area contributed by atoms with E-state index in [0.717, 1.165) is 32.1 Å². The monoisotopic (exact) mass is 266 g/mol. The molecule has 1 aliphatic heterocycles. The predicted octanol–water partition coefficient (Wildman–Crippen LogP) is 0.914. The van der Waals surface area contributed by atoms with Crippen molar-refractivity contribution in [3.63, 3.8) is 0 Å². The minimum Gasteiger partial charge on any atom is -0.354 e. The van der Waals surface area contributed by atoms with Gasteiger partial charge in [0.1, 0.15) is 0 Å². The molecule has 1 heterocycles. The number of guanidine groups is 1. The fourth-order valence-electron chi connectivity index (χ4n) is 2.54. The van der Waals surface area contributed by atoms with Gasteiger partial charge in [0.25, 0.3) is 0 Å². The van der Waals surface area contributed by atoms with Crippen LogP contribution in [-0.2, 0) is 4.79 Å². The molecular formula is C14H26N4O. The highest BCUT2D eigenvalue weighted by Crippen LogP contribution is 2.18. The van der Waals surface area contributed by atoms with E-state index in [1.165, 1.54) is 19.3 Å². The minimum atomic E-state index is 0.0963. The van der Waals surface area contributed by atoms with Crippen LogP contribution in [-0.4, -0.2) is 60.9 Å². The van der Waals surface area contributed by atoms with Gasteiger partial charge in [-0.2, -0.15) is 0 Å². The third kappa shape index (κ3) is 3.39. The average Bonchev–Trinajstić information content (AvgIpc) is 2.37. The van der Waals surface area contributed by atoms with Crippen LogP contribution in [0.25, 0.3) is 0 Å². The first-order valence-electron chi connectivity index (χ1n) is 7.39. The van der Waals surface area contributed by atoms with Gasteiger partial charge in [-0.25, -0.2) is 0 Å². The standard InChI is InChI=1S/C14H26N4O/c1-11(2)13(19)17-7-9-18(10-8-17)14(15-3)16-12-5-4-6-12/h11-12H,4-10H2,1-3H3,(H,15,16). The minimum absolute atomic E-state index is 0.0963. The lowest BCUT2D eigenvalue weighted by atomic mass is 9.93. The second-order valence-corrected chi connectivity index (χ2v) is 5.79. The predicted molar refractivity (Wildman–Crippen MR) is 77.1 cm³/mol. The maximum Gasteiger partial charge on any atom is 0.225 e. The number of hydrogen-bond donors (Lipinski definition) is 1. The van der Waals surface area contributed by atoms with Gasteiger partial charge in [0.15, 0.2) is 5.96 Å². The number of nitrogens with one attached hydrogen (secondary N) is 1. The van der Waals surface area contributed by atoms with Crippen molar-refractivity contribution in [3.8, 4) is 0 Å². The zero-order chi connectivity index (χ0) is 13.8. The summed E-state index contributed by atoms with van der Waals surface area (Å²) >= 11 is 0. The van der Waals surface area contributed by atoms with Crippen molar-refractivity contribution in [2.45, 2.75) is 39.2 Å². The Morgan fingerprint density at radius 3 is 2.16 bits per heavy atom. The first-order chi connectivity index (χ1) is 9.11. The van der Waals surface area contributed by atoms with E-state index in [4.69, 9.17) is 0 Å². The van der Waals surface area contributed by atoms with Crippen molar-refractivity contribution < 1.29 is 4.79 Å². The molecule has 0 radical (unpaired) electrons. The molecule has 0 aromatic heterocycles. The number of nitrogens with zero attached hydrogens (tertiary/aromatic N) is 3. The summed E-state index contributed by atoms with van der Waals surface area (Å²) in [5.74, 6) is 1.36. The summed E-state index contributed by atoms with van der Waals surface area (Å²) < 4.78 is 0. The molecule has 5 heteroatoms. The summed E-state index contributed by atoms with van der Waals surface area (Å²) in [6, 6.07) is 0.606. The molecule has 0 aromatic carbocycles. The van der Waals surface area contributed by atoms with E-state index in [2.05, 4.69) is 15.2 Å². The number of amides is 1. The lowest BCUT2D eigenvalue weighted by molar-refractivity contribution is -0.135. The van der Waals surface area contributed by atoms with E-state index in [9.17, 15) is 4.79 Å². The zero-order valence-electron chi connectivity index (χ0n) is 12.4. The Hall–Kier alpha value is -1.26. The number of carbonyl (C=O) groups is 1. The Morgan fingerprint density at radius 2 is 1.74 bits per heavy atom. The summed E-state index contributed by atoms with van der Waals surface area (Å²) in [4.78, 5) is 20.5. The summed E-state index contributed by atoms with van der Waals surface area (Å²) in [7, 11) is 1.84. The van der Waals surface area contributed by atoms with E-state index >= 15 is 0 Å². The topological polar surface area (TPSA) is 47.9 Å². The van der Waals surface area contributed by atoms with E-state index in [-0.39, 0.29) is 11.8 Å². The molecule has 0 bridgehead atoms. The summed E-state index contributed by atoms with van der Waals surface area (Å²) in [6.45, 7) is 7.30. The van der Waals surface area contributed by atoms with Crippen LogP contribution in [0.5, 0.6) is 0 Å². The second kappa shape index (κ2) is 6.26. The van der Waals surface area contributed by atoms with Crippen LogP contribution in [0, 0.1) is 5.92 Å². The molecule has 19 heavy (non-hydrogen) atoms. The molecule has 1 N–H and O–H groups in total. The Bertz CT molecular complexity index is 341. The number of piperazine rings is 1. The first-order valence-corrected chi connectivity index (χ1v) is 7.39. The van der Waals surface area contributed by atoms with Crippen LogP contribution in [0.15, 0.2) is 4.99 Å². The van der Waals surface area contributed by atoms with Gasteiger partial charge in [0.2, 0.25) is 5.91 Å². The lowest BCUT2D eigenvalue weighted by Gasteiger charge is -2.39. The van der Waals surface area contributed by atoms with Gasteiger partial charge < -0.3 is 15.1 Å². The highest BCUT2D eigenvalue weighted by Gasteiger charge is 2.26. The van der Waals surface area contributed by atoms with E-state index in [0.29, 0.717) is 6.04 Å². The van der Waals surface area contributed by atoms with Crippen molar-refractivity contribution in [1.82, 2.24) is 15.1 Å². The van der Waals surface area contributed by atoms with Crippen LogP contribution in [0.1, 0.15) is 33.1 Å². The molecule has 1 saturated heterocycles. The van der Waals surface area contributed by atoms with Crippen LogP contribution in [0.2, 0.25) is 0 Å². The van der Waals surface area contributed by atoms with E-state index in [1.807, 2.05) is 25.8 Å². The van der Waals surface area contributed by atoms with Crippen molar-refractivity contribution in [2.75, 3.05) is 33.2 Å². The third-order valence-corrected chi connectivity index (χ3v) is 4.03. The highest BCUT2D eigenvalue weighted by atomic mass is 16.2. The fourth-order valence-corrected chi connectivity index (χ4v) is 2.54. The maximum atomic E-state index is 11.9. The largest absolute Gasteiger partial charge is 0.354 e. The number of carbonyl (C=O) groups excluding carboxylic acids is 1. The molecule has 0 unspecified atom stereocenters. The molecule has 0 aromatic rings. The quantitative estimate of drug-likeness (QED) is 0.597. The molecule has 1 aliphatic carbocycles. The molecule has 1 saturated carbocycles. The van der Waals surface area contributed by atoms with Gasteiger partial charge >= 0.3 is 0 Å². The van der Waals surface area contributed by atoms with Crippen LogP contribution in [0.4, 0.5) is 0 Å². The van der Waals surface area contributed by atoms with Crippen LogP contribution in [0.3, 0.4) is 0 Å². The van der Waals surface area contributed by atoms with E-state index < -0.39 is 0 Å².